The molecular formula is C20H27F3N6O2. The van der Waals surface area contributed by atoms with E-state index in [0.29, 0.717) is 5.54 Å². The van der Waals surface area contributed by atoms with Crippen LogP contribution in [0.15, 0.2) is 24.5 Å². The van der Waals surface area contributed by atoms with Crippen LogP contribution in [0.25, 0.3) is 0 Å². The molecule has 0 unspecified atom stereocenters. The highest BCUT2D eigenvalue weighted by molar-refractivity contribution is 5.73. The summed E-state index contributed by atoms with van der Waals surface area (Å²) in [4.78, 5) is 14.0. The van der Waals surface area contributed by atoms with Gasteiger partial charge in [-0.05, 0) is 51.3 Å². The minimum absolute atomic E-state index is 0.366. The highest BCUT2D eigenvalue weighted by atomic mass is 19.4. The third-order valence-corrected chi connectivity index (χ3v) is 5.92. The van der Waals surface area contributed by atoms with Gasteiger partial charge >= 0.3 is 12.1 Å². The van der Waals surface area contributed by atoms with Crippen molar-refractivity contribution in [1.29, 1.82) is 0 Å². The summed E-state index contributed by atoms with van der Waals surface area (Å²) in [5.41, 5.74) is 2.67. The molecule has 170 valence electrons. The maximum Gasteiger partial charge on any atom is 0.490 e. The Bertz CT molecular complexity index is 876. The summed E-state index contributed by atoms with van der Waals surface area (Å²) >= 11 is 0. The number of anilines is 1. The standard InChI is InChI=1S/C18H26N6.C2HF3O2/c1-15-4-5-17(21-20-15)23-10-7-18(8-11-23)6-3-9-24(18)14-16-12-19-22(2)13-16;3-2(4,5)1(6)7/h4-5,12-13H,3,6-11,14H2,1-2H3;(H,6,7). The summed E-state index contributed by atoms with van der Waals surface area (Å²) in [6.45, 7) is 6.36. The molecule has 4 heterocycles. The first-order valence-corrected chi connectivity index (χ1v) is 10.2. The molecule has 2 aromatic rings. The van der Waals surface area contributed by atoms with E-state index in [1.807, 2.05) is 24.9 Å². The first-order chi connectivity index (χ1) is 14.6. The van der Waals surface area contributed by atoms with E-state index in [2.05, 4.69) is 43.4 Å². The molecular weight excluding hydrogens is 413 g/mol. The predicted octanol–water partition coefficient (Wildman–Crippen LogP) is 2.79. The highest BCUT2D eigenvalue weighted by Gasteiger charge is 2.43. The Morgan fingerprint density at radius 3 is 2.35 bits per heavy atom. The molecule has 1 spiro atoms. The van der Waals surface area contributed by atoms with Crippen molar-refractivity contribution in [3.05, 3.63) is 35.8 Å². The third kappa shape index (κ3) is 5.72. The maximum absolute atomic E-state index is 10.6. The molecule has 0 atom stereocenters. The zero-order valence-electron chi connectivity index (χ0n) is 17.6. The van der Waals surface area contributed by atoms with Gasteiger partial charge in [0.2, 0.25) is 0 Å². The van der Waals surface area contributed by atoms with Gasteiger partial charge in [-0.15, -0.1) is 5.10 Å². The number of aliphatic carboxylic acids is 1. The first kappa shape index (κ1) is 23.0. The number of hydrogen-bond acceptors (Lipinski definition) is 6. The van der Waals surface area contributed by atoms with E-state index in [0.717, 1.165) is 31.1 Å². The number of carboxylic acids is 1. The third-order valence-electron chi connectivity index (χ3n) is 5.92. The summed E-state index contributed by atoms with van der Waals surface area (Å²) in [6.07, 6.45) is 4.11. The summed E-state index contributed by atoms with van der Waals surface area (Å²) in [7, 11) is 1.99. The van der Waals surface area contributed by atoms with Gasteiger partial charge in [-0.3, -0.25) is 9.58 Å². The quantitative estimate of drug-likeness (QED) is 0.785. The normalized spacial score (nSPS) is 18.7. The lowest BCUT2D eigenvalue weighted by Gasteiger charge is -2.45. The van der Waals surface area contributed by atoms with E-state index < -0.39 is 12.1 Å². The smallest absolute Gasteiger partial charge is 0.475 e. The number of rotatable bonds is 3. The Labute approximate surface area is 178 Å². The van der Waals surface area contributed by atoms with Gasteiger partial charge < -0.3 is 10.0 Å². The van der Waals surface area contributed by atoms with Crippen LogP contribution in [0.2, 0.25) is 0 Å². The average molecular weight is 440 g/mol. The topological polar surface area (TPSA) is 87.4 Å². The number of alkyl halides is 3. The van der Waals surface area contributed by atoms with Crippen molar-refractivity contribution in [3.63, 3.8) is 0 Å². The number of likely N-dealkylation sites (tertiary alicyclic amines) is 1. The molecule has 2 aliphatic rings. The van der Waals surface area contributed by atoms with Crippen molar-refractivity contribution >= 4 is 11.8 Å². The van der Waals surface area contributed by atoms with Crippen molar-refractivity contribution in [2.75, 3.05) is 24.5 Å². The van der Waals surface area contributed by atoms with Gasteiger partial charge in [-0.25, -0.2) is 4.79 Å². The second kappa shape index (κ2) is 9.21. The maximum atomic E-state index is 10.6. The van der Waals surface area contributed by atoms with Crippen LogP contribution in [0.3, 0.4) is 0 Å². The number of hydrogen-bond donors (Lipinski definition) is 1. The summed E-state index contributed by atoms with van der Waals surface area (Å²) < 4.78 is 33.6. The van der Waals surface area contributed by atoms with Crippen LogP contribution < -0.4 is 4.90 Å². The molecule has 2 aromatic heterocycles. The number of aryl methyl sites for hydroxylation is 2. The SMILES string of the molecule is Cc1ccc(N2CCC3(CCCN3Cc3cnn(C)c3)CC2)nn1.O=C(O)C(F)(F)F. The summed E-state index contributed by atoms with van der Waals surface area (Å²) in [5, 5.41) is 20.0. The van der Waals surface area contributed by atoms with Crippen molar-refractivity contribution in [2.45, 2.75) is 50.9 Å². The fraction of sp³-hybridized carbons (Fsp3) is 0.600. The summed E-state index contributed by atoms with van der Waals surface area (Å²) in [5.74, 6) is -1.74. The van der Waals surface area contributed by atoms with Crippen LogP contribution in [0.5, 0.6) is 0 Å². The second-order valence-corrected chi connectivity index (χ2v) is 8.09. The monoisotopic (exact) mass is 440 g/mol. The Kier molecular flexibility index (Phi) is 6.83. The van der Waals surface area contributed by atoms with E-state index in [4.69, 9.17) is 9.90 Å². The molecule has 0 radical (unpaired) electrons. The molecule has 0 bridgehead atoms. The van der Waals surface area contributed by atoms with Gasteiger partial charge in [0.1, 0.15) is 0 Å². The van der Waals surface area contributed by atoms with E-state index in [9.17, 15) is 13.2 Å². The zero-order chi connectivity index (χ0) is 22.6. The molecule has 8 nitrogen and oxygen atoms in total. The van der Waals surface area contributed by atoms with Gasteiger partial charge in [0, 0.05) is 44.0 Å². The number of carbonyl (C=O) groups is 1. The molecule has 2 aliphatic heterocycles. The van der Waals surface area contributed by atoms with Crippen LogP contribution in [-0.2, 0) is 18.4 Å². The largest absolute Gasteiger partial charge is 0.490 e. The lowest BCUT2D eigenvalue weighted by molar-refractivity contribution is -0.192. The Balaban J connectivity index is 0.000000339. The Hall–Kier alpha value is -2.69. The summed E-state index contributed by atoms with van der Waals surface area (Å²) in [6, 6.07) is 4.15. The lowest BCUT2D eigenvalue weighted by atomic mass is 9.84. The van der Waals surface area contributed by atoms with Crippen molar-refractivity contribution in [1.82, 2.24) is 24.9 Å². The van der Waals surface area contributed by atoms with Crippen molar-refractivity contribution in [3.8, 4) is 0 Å². The molecule has 0 amide bonds. The molecule has 0 aliphatic carbocycles. The van der Waals surface area contributed by atoms with Gasteiger partial charge in [0.05, 0.1) is 11.9 Å². The number of halogens is 3. The number of nitrogens with zero attached hydrogens (tertiary/aromatic N) is 6. The van der Waals surface area contributed by atoms with E-state index >= 15 is 0 Å². The Morgan fingerprint density at radius 2 is 1.84 bits per heavy atom. The zero-order valence-corrected chi connectivity index (χ0v) is 17.6. The van der Waals surface area contributed by atoms with E-state index in [-0.39, 0.29) is 0 Å². The van der Waals surface area contributed by atoms with Crippen molar-refractivity contribution in [2.24, 2.45) is 7.05 Å². The molecule has 0 aromatic carbocycles. The van der Waals surface area contributed by atoms with Crippen LogP contribution in [0.1, 0.15) is 36.9 Å². The number of aromatic nitrogens is 4. The van der Waals surface area contributed by atoms with Crippen LogP contribution in [-0.4, -0.2) is 67.3 Å². The molecule has 11 heteroatoms. The molecule has 0 saturated carbocycles. The van der Waals surface area contributed by atoms with Crippen LogP contribution in [0, 0.1) is 6.92 Å². The van der Waals surface area contributed by atoms with Crippen molar-refractivity contribution < 1.29 is 23.1 Å². The minimum Gasteiger partial charge on any atom is -0.475 e. The molecule has 4 rings (SSSR count). The molecule has 2 saturated heterocycles. The number of piperidine rings is 1. The predicted molar refractivity (Wildman–Crippen MR) is 107 cm³/mol. The minimum atomic E-state index is -5.08. The van der Waals surface area contributed by atoms with Crippen LogP contribution in [0.4, 0.5) is 19.0 Å². The van der Waals surface area contributed by atoms with Crippen LogP contribution >= 0.6 is 0 Å². The first-order valence-electron chi connectivity index (χ1n) is 10.2. The fourth-order valence-corrected chi connectivity index (χ4v) is 4.29. The van der Waals surface area contributed by atoms with E-state index in [1.165, 1.54) is 37.8 Å². The Morgan fingerprint density at radius 1 is 1.16 bits per heavy atom. The average Bonchev–Trinajstić information content (AvgIpc) is 3.29. The van der Waals surface area contributed by atoms with Gasteiger partial charge in [-0.2, -0.15) is 23.4 Å². The molecule has 2 fully saturated rings. The molecule has 1 N–H and O–H groups in total. The van der Waals surface area contributed by atoms with Gasteiger partial charge in [0.25, 0.3) is 0 Å². The second-order valence-electron chi connectivity index (χ2n) is 8.09. The molecule has 31 heavy (non-hydrogen) atoms. The number of carboxylic acid groups (broad SMARTS) is 1. The van der Waals surface area contributed by atoms with Gasteiger partial charge in [0.15, 0.2) is 5.82 Å². The van der Waals surface area contributed by atoms with E-state index in [1.54, 1.807) is 0 Å². The highest BCUT2D eigenvalue weighted by Crippen LogP contribution is 2.40. The fourth-order valence-electron chi connectivity index (χ4n) is 4.29. The lowest BCUT2D eigenvalue weighted by Crippen LogP contribution is -2.52. The van der Waals surface area contributed by atoms with Gasteiger partial charge in [-0.1, -0.05) is 0 Å².